The number of alkyl halides is 3. The molecule has 1 aromatic rings. The second-order valence-corrected chi connectivity index (χ2v) is 7.58. The first-order chi connectivity index (χ1) is 11.9. The number of carbonyl (C=O) groups is 1. The van der Waals surface area contributed by atoms with E-state index in [9.17, 15) is 18.0 Å². The topological polar surface area (TPSA) is 35.5 Å². The van der Waals surface area contributed by atoms with Gasteiger partial charge in [-0.3, -0.25) is 4.79 Å². The summed E-state index contributed by atoms with van der Waals surface area (Å²) in [6, 6.07) is 5.97. The summed E-state index contributed by atoms with van der Waals surface area (Å²) in [5.74, 6) is -0.0757. The van der Waals surface area contributed by atoms with Gasteiger partial charge in [0.25, 0.3) is 0 Å². The summed E-state index contributed by atoms with van der Waals surface area (Å²) in [5.41, 5.74) is 0.430. The third-order valence-corrected chi connectivity index (χ3v) is 4.15. The molecule has 3 nitrogen and oxygen atoms in total. The smallest absolute Gasteiger partial charge is 0.460 e. The zero-order chi connectivity index (χ0) is 20.0. The summed E-state index contributed by atoms with van der Waals surface area (Å²) >= 11 is 0. The molecule has 6 heteroatoms. The third kappa shape index (κ3) is 8.59. The van der Waals surface area contributed by atoms with Gasteiger partial charge in [0.05, 0.1) is 0 Å². The number of hydrogen-bond donors (Lipinski definition) is 0. The molecule has 0 saturated carbocycles. The molecule has 1 rings (SSSR count). The predicted molar refractivity (Wildman–Crippen MR) is 95.0 cm³/mol. The van der Waals surface area contributed by atoms with E-state index < -0.39 is 12.0 Å². The number of benzene rings is 1. The predicted octanol–water partition coefficient (Wildman–Crippen LogP) is 6.23. The van der Waals surface area contributed by atoms with Crippen molar-refractivity contribution in [1.29, 1.82) is 0 Å². The van der Waals surface area contributed by atoms with Gasteiger partial charge in [-0.1, -0.05) is 38.8 Å². The van der Waals surface area contributed by atoms with E-state index in [0.29, 0.717) is 12.8 Å². The molecule has 0 aliphatic carbocycles. The molecule has 0 fully saturated rings. The van der Waals surface area contributed by atoms with Crippen molar-refractivity contribution in [2.45, 2.75) is 78.2 Å². The maximum Gasteiger partial charge on any atom is 0.573 e. The van der Waals surface area contributed by atoms with Crippen LogP contribution in [0.4, 0.5) is 13.2 Å². The lowest BCUT2D eigenvalue weighted by Crippen LogP contribution is -2.24. The zero-order valence-corrected chi connectivity index (χ0v) is 16.2. The molecule has 0 radical (unpaired) electrons. The molecular weight excluding hydrogens is 345 g/mol. The second-order valence-electron chi connectivity index (χ2n) is 7.58. The Kier molecular flexibility index (Phi) is 7.97. The minimum atomic E-state index is -4.69. The van der Waals surface area contributed by atoms with Crippen molar-refractivity contribution in [3.8, 4) is 5.75 Å². The van der Waals surface area contributed by atoms with Crippen LogP contribution in [-0.2, 0) is 9.53 Å². The van der Waals surface area contributed by atoms with E-state index in [-0.39, 0.29) is 23.6 Å². The summed E-state index contributed by atoms with van der Waals surface area (Å²) in [5, 5.41) is 0. The van der Waals surface area contributed by atoms with Crippen LogP contribution in [-0.4, -0.2) is 17.9 Å². The minimum absolute atomic E-state index is 0.123. The normalized spacial score (nSPS) is 14.6. The molecular formula is C20H29F3O3. The van der Waals surface area contributed by atoms with E-state index in [1.807, 2.05) is 27.7 Å². The van der Waals surface area contributed by atoms with Crippen molar-refractivity contribution in [2.75, 3.05) is 0 Å². The maximum absolute atomic E-state index is 12.3. The van der Waals surface area contributed by atoms with Crippen LogP contribution in [0.1, 0.15) is 71.8 Å². The van der Waals surface area contributed by atoms with Crippen molar-refractivity contribution in [1.82, 2.24) is 0 Å². The van der Waals surface area contributed by atoms with Gasteiger partial charge in [0.15, 0.2) is 0 Å². The van der Waals surface area contributed by atoms with Gasteiger partial charge in [-0.25, -0.2) is 0 Å². The lowest BCUT2D eigenvalue weighted by atomic mass is 9.82. The summed E-state index contributed by atoms with van der Waals surface area (Å²) in [4.78, 5) is 12.0. The Bertz CT molecular complexity index is 559. The van der Waals surface area contributed by atoms with Crippen LogP contribution >= 0.6 is 0 Å². The van der Waals surface area contributed by atoms with Crippen molar-refractivity contribution < 1.29 is 27.4 Å². The van der Waals surface area contributed by atoms with E-state index in [1.54, 1.807) is 12.1 Å². The van der Waals surface area contributed by atoms with Crippen molar-refractivity contribution in [3.05, 3.63) is 29.8 Å². The van der Waals surface area contributed by atoms with Gasteiger partial charge < -0.3 is 9.47 Å². The standard InChI is InChI=1S/C20H29F3O3/c1-6-7-15(10-13-18(24)26-19(3,4)5)14(2)16-8-11-17(12-9-16)25-20(21,22)23/h8-9,11-12,14-15H,6-7,10,13H2,1-5H3. The number of hydrogen-bond acceptors (Lipinski definition) is 3. The fourth-order valence-electron chi connectivity index (χ4n) is 2.96. The SMILES string of the molecule is CCCC(CCC(=O)OC(C)(C)C)C(C)c1ccc(OC(F)(F)F)cc1. The van der Waals surface area contributed by atoms with Crippen LogP contribution < -0.4 is 4.74 Å². The summed E-state index contributed by atoms with van der Waals surface area (Å²) in [6.45, 7) is 9.62. The highest BCUT2D eigenvalue weighted by atomic mass is 19.4. The van der Waals surface area contributed by atoms with Gasteiger partial charge in [0.1, 0.15) is 11.4 Å². The molecule has 0 spiro atoms. The lowest BCUT2D eigenvalue weighted by Gasteiger charge is -2.25. The number of halogens is 3. The highest BCUT2D eigenvalue weighted by Gasteiger charge is 2.31. The monoisotopic (exact) mass is 374 g/mol. The van der Waals surface area contributed by atoms with Gasteiger partial charge in [0, 0.05) is 6.42 Å². The molecule has 0 amide bonds. The van der Waals surface area contributed by atoms with Gasteiger partial charge in [-0.15, -0.1) is 13.2 Å². The van der Waals surface area contributed by atoms with Gasteiger partial charge in [-0.2, -0.15) is 0 Å². The molecule has 1 aromatic carbocycles. The first-order valence-corrected chi connectivity index (χ1v) is 8.99. The Hall–Kier alpha value is -1.72. The van der Waals surface area contributed by atoms with E-state index in [4.69, 9.17) is 4.74 Å². The summed E-state index contributed by atoms with van der Waals surface area (Å²) in [7, 11) is 0. The molecule has 26 heavy (non-hydrogen) atoms. The third-order valence-electron chi connectivity index (χ3n) is 4.15. The average Bonchev–Trinajstić information content (AvgIpc) is 2.48. The number of esters is 1. The Labute approximate surface area is 153 Å². The number of rotatable bonds is 8. The number of carbonyl (C=O) groups excluding carboxylic acids is 1. The Morgan fingerprint density at radius 1 is 1.08 bits per heavy atom. The first-order valence-electron chi connectivity index (χ1n) is 8.99. The first kappa shape index (κ1) is 22.3. The highest BCUT2D eigenvalue weighted by Crippen LogP contribution is 2.33. The molecule has 0 saturated heterocycles. The second kappa shape index (κ2) is 9.28. The molecule has 2 atom stereocenters. The van der Waals surface area contributed by atoms with E-state index in [0.717, 1.165) is 18.4 Å². The lowest BCUT2D eigenvalue weighted by molar-refractivity contribution is -0.274. The fraction of sp³-hybridized carbons (Fsp3) is 0.650. The molecule has 2 unspecified atom stereocenters. The quantitative estimate of drug-likeness (QED) is 0.506. The van der Waals surface area contributed by atoms with Crippen LogP contribution in [0.2, 0.25) is 0 Å². The van der Waals surface area contributed by atoms with Crippen LogP contribution in [0.3, 0.4) is 0 Å². The van der Waals surface area contributed by atoms with Crippen molar-refractivity contribution >= 4 is 5.97 Å². The van der Waals surface area contributed by atoms with Crippen LogP contribution in [0.25, 0.3) is 0 Å². The average molecular weight is 374 g/mol. The van der Waals surface area contributed by atoms with E-state index >= 15 is 0 Å². The summed E-state index contributed by atoms with van der Waals surface area (Å²) in [6.07, 6.45) is -1.76. The van der Waals surface area contributed by atoms with Gasteiger partial charge in [0.2, 0.25) is 0 Å². The maximum atomic E-state index is 12.3. The van der Waals surface area contributed by atoms with E-state index in [1.165, 1.54) is 12.1 Å². The van der Waals surface area contributed by atoms with Crippen LogP contribution in [0, 0.1) is 5.92 Å². The zero-order valence-electron chi connectivity index (χ0n) is 16.2. The van der Waals surface area contributed by atoms with Gasteiger partial charge in [-0.05, 0) is 56.7 Å². The fourth-order valence-corrected chi connectivity index (χ4v) is 2.96. The highest BCUT2D eigenvalue weighted by molar-refractivity contribution is 5.69. The molecule has 0 aliphatic heterocycles. The van der Waals surface area contributed by atoms with E-state index in [2.05, 4.69) is 11.7 Å². The Balaban J connectivity index is 2.72. The Morgan fingerprint density at radius 2 is 1.65 bits per heavy atom. The molecule has 0 N–H and O–H groups in total. The Morgan fingerprint density at radius 3 is 2.12 bits per heavy atom. The van der Waals surface area contributed by atoms with Crippen LogP contribution in [0.5, 0.6) is 5.75 Å². The van der Waals surface area contributed by atoms with Crippen molar-refractivity contribution in [3.63, 3.8) is 0 Å². The summed E-state index contributed by atoms with van der Waals surface area (Å²) < 4.78 is 46.0. The van der Waals surface area contributed by atoms with Crippen molar-refractivity contribution in [2.24, 2.45) is 5.92 Å². The molecule has 148 valence electrons. The largest absolute Gasteiger partial charge is 0.573 e. The molecule has 0 aliphatic rings. The van der Waals surface area contributed by atoms with Gasteiger partial charge >= 0.3 is 12.3 Å². The number of ether oxygens (including phenoxy) is 2. The molecule has 0 bridgehead atoms. The van der Waals surface area contributed by atoms with Crippen LogP contribution in [0.15, 0.2) is 24.3 Å². The minimum Gasteiger partial charge on any atom is -0.460 e. The molecule has 0 aromatic heterocycles. The molecule has 0 heterocycles.